The van der Waals surface area contributed by atoms with Crippen molar-refractivity contribution in [3.05, 3.63) is 23.3 Å². The highest BCUT2D eigenvalue weighted by molar-refractivity contribution is 8.13. The highest BCUT2D eigenvalue weighted by Gasteiger charge is 2.31. The highest BCUT2D eigenvalue weighted by atomic mass is 32.2. The number of hydrogen-bond acceptors (Lipinski definition) is 4. The van der Waals surface area contributed by atoms with Gasteiger partial charge in [-0.15, -0.1) is 0 Å². The number of hydrogen-bond donors (Lipinski definition) is 1. The van der Waals surface area contributed by atoms with Gasteiger partial charge in [-0.1, -0.05) is 11.8 Å². The first-order valence-corrected chi connectivity index (χ1v) is 7.67. The van der Waals surface area contributed by atoms with Crippen LogP contribution in [0.1, 0.15) is 24.5 Å². The Balaban J connectivity index is 2.16. The maximum absolute atomic E-state index is 12.2. The standard InChI is InChI=1S/C15H20N2O2S/c1-9-5-14(10(2)4-13(9)16)17-7-12(6-15(17)19)8-20-11(3)18/h4-5,12H,6-8,16H2,1-3H3. The minimum atomic E-state index is 0.107. The maximum Gasteiger partial charge on any atom is 0.227 e. The van der Waals surface area contributed by atoms with E-state index in [-0.39, 0.29) is 16.9 Å². The van der Waals surface area contributed by atoms with E-state index in [1.807, 2.05) is 30.9 Å². The first-order valence-electron chi connectivity index (χ1n) is 6.69. The second kappa shape index (κ2) is 5.87. The number of carbonyl (C=O) groups excluding carboxylic acids is 2. The largest absolute Gasteiger partial charge is 0.399 e. The summed E-state index contributed by atoms with van der Waals surface area (Å²) >= 11 is 1.30. The summed E-state index contributed by atoms with van der Waals surface area (Å²) in [5, 5.41) is 0.107. The van der Waals surface area contributed by atoms with Gasteiger partial charge in [-0.2, -0.15) is 0 Å². The molecule has 1 unspecified atom stereocenters. The van der Waals surface area contributed by atoms with Crippen molar-refractivity contribution in [2.75, 3.05) is 22.9 Å². The van der Waals surface area contributed by atoms with Crippen LogP contribution in [0.2, 0.25) is 0 Å². The zero-order valence-corrected chi connectivity index (χ0v) is 12.9. The molecule has 2 rings (SSSR count). The van der Waals surface area contributed by atoms with E-state index in [4.69, 9.17) is 5.73 Å². The zero-order valence-electron chi connectivity index (χ0n) is 12.1. The minimum Gasteiger partial charge on any atom is -0.399 e. The number of anilines is 2. The monoisotopic (exact) mass is 292 g/mol. The Bertz CT molecular complexity index is 557. The molecule has 20 heavy (non-hydrogen) atoms. The van der Waals surface area contributed by atoms with Crippen molar-refractivity contribution in [3.8, 4) is 0 Å². The van der Waals surface area contributed by atoms with Crippen LogP contribution in [0.5, 0.6) is 0 Å². The van der Waals surface area contributed by atoms with Crippen molar-refractivity contribution in [2.24, 2.45) is 5.92 Å². The van der Waals surface area contributed by atoms with Crippen molar-refractivity contribution in [1.29, 1.82) is 0 Å². The molecule has 1 aromatic carbocycles. The summed E-state index contributed by atoms with van der Waals surface area (Å²) in [6.07, 6.45) is 0.517. The van der Waals surface area contributed by atoms with Crippen molar-refractivity contribution in [1.82, 2.24) is 0 Å². The fraction of sp³-hybridized carbons (Fsp3) is 0.467. The van der Waals surface area contributed by atoms with E-state index in [2.05, 4.69) is 0 Å². The molecular formula is C15H20N2O2S. The van der Waals surface area contributed by atoms with Gasteiger partial charge in [0.05, 0.1) is 0 Å². The molecule has 1 aliphatic rings. The van der Waals surface area contributed by atoms with Crippen LogP contribution in [0.15, 0.2) is 12.1 Å². The van der Waals surface area contributed by atoms with Crippen LogP contribution in [0.25, 0.3) is 0 Å². The highest BCUT2D eigenvalue weighted by Crippen LogP contribution is 2.32. The van der Waals surface area contributed by atoms with Crippen molar-refractivity contribution in [3.63, 3.8) is 0 Å². The topological polar surface area (TPSA) is 63.4 Å². The second-order valence-corrected chi connectivity index (χ2v) is 6.57. The predicted octanol–water partition coefficient (Wildman–Crippen LogP) is 2.52. The molecular weight excluding hydrogens is 272 g/mol. The molecule has 108 valence electrons. The van der Waals surface area contributed by atoms with E-state index in [1.165, 1.54) is 11.8 Å². The minimum absolute atomic E-state index is 0.107. The van der Waals surface area contributed by atoms with Crippen molar-refractivity contribution in [2.45, 2.75) is 27.2 Å². The third kappa shape index (κ3) is 3.15. The van der Waals surface area contributed by atoms with E-state index < -0.39 is 0 Å². The summed E-state index contributed by atoms with van der Waals surface area (Å²) in [7, 11) is 0. The maximum atomic E-state index is 12.2. The Morgan fingerprint density at radius 1 is 1.40 bits per heavy atom. The molecule has 0 saturated carbocycles. The van der Waals surface area contributed by atoms with Gasteiger partial charge in [0.2, 0.25) is 5.91 Å². The molecule has 5 heteroatoms. The van der Waals surface area contributed by atoms with Gasteiger partial charge in [0.15, 0.2) is 5.12 Å². The molecule has 1 aromatic rings. The fourth-order valence-corrected chi connectivity index (χ4v) is 3.17. The lowest BCUT2D eigenvalue weighted by molar-refractivity contribution is -0.117. The Kier molecular flexibility index (Phi) is 4.38. The molecule has 0 aromatic heterocycles. The number of amides is 1. The molecule has 0 spiro atoms. The van der Waals surface area contributed by atoms with Crippen molar-refractivity contribution >= 4 is 34.2 Å². The van der Waals surface area contributed by atoms with Gasteiger partial charge in [0, 0.05) is 37.0 Å². The lowest BCUT2D eigenvalue weighted by atomic mass is 10.1. The number of benzene rings is 1. The summed E-state index contributed by atoms with van der Waals surface area (Å²) in [6.45, 7) is 6.16. The lowest BCUT2D eigenvalue weighted by Crippen LogP contribution is -2.25. The number of rotatable bonds is 3. The van der Waals surface area contributed by atoms with E-state index in [9.17, 15) is 9.59 Å². The van der Waals surface area contributed by atoms with Crippen LogP contribution < -0.4 is 10.6 Å². The second-order valence-electron chi connectivity index (χ2n) is 5.37. The Morgan fingerprint density at radius 2 is 2.10 bits per heavy atom. The molecule has 1 aliphatic heterocycles. The number of nitrogens with zero attached hydrogens (tertiary/aromatic N) is 1. The quantitative estimate of drug-likeness (QED) is 0.870. The van der Waals surface area contributed by atoms with Gasteiger partial charge in [-0.25, -0.2) is 0 Å². The predicted molar refractivity (Wildman–Crippen MR) is 83.9 cm³/mol. The summed E-state index contributed by atoms with van der Waals surface area (Å²) in [5.74, 6) is 1.09. The van der Waals surface area contributed by atoms with Gasteiger partial charge in [-0.05, 0) is 43.0 Å². The third-order valence-electron chi connectivity index (χ3n) is 3.60. The van der Waals surface area contributed by atoms with E-state index in [1.54, 1.807) is 6.92 Å². The average Bonchev–Trinajstić information content (AvgIpc) is 2.72. The van der Waals surface area contributed by atoms with E-state index in [0.29, 0.717) is 18.7 Å². The normalized spacial score (nSPS) is 18.6. The van der Waals surface area contributed by atoms with Gasteiger partial charge < -0.3 is 10.6 Å². The molecule has 4 nitrogen and oxygen atoms in total. The van der Waals surface area contributed by atoms with Crippen LogP contribution in [-0.2, 0) is 9.59 Å². The van der Waals surface area contributed by atoms with Crippen LogP contribution in [0, 0.1) is 19.8 Å². The Labute approximate surface area is 123 Å². The van der Waals surface area contributed by atoms with E-state index in [0.717, 1.165) is 22.5 Å². The summed E-state index contributed by atoms with van der Waals surface area (Å²) in [6, 6.07) is 3.89. The van der Waals surface area contributed by atoms with Gasteiger partial charge >= 0.3 is 0 Å². The van der Waals surface area contributed by atoms with Gasteiger partial charge in [-0.3, -0.25) is 9.59 Å². The molecule has 1 amide bonds. The smallest absolute Gasteiger partial charge is 0.227 e. The zero-order chi connectivity index (χ0) is 14.9. The molecule has 1 fully saturated rings. The van der Waals surface area contributed by atoms with Crippen LogP contribution in [-0.4, -0.2) is 23.3 Å². The lowest BCUT2D eigenvalue weighted by Gasteiger charge is -2.20. The van der Waals surface area contributed by atoms with Crippen LogP contribution in [0.4, 0.5) is 11.4 Å². The first-order chi connectivity index (χ1) is 9.38. The van der Waals surface area contributed by atoms with Gasteiger partial charge in [0.1, 0.15) is 0 Å². The molecule has 1 heterocycles. The van der Waals surface area contributed by atoms with Crippen molar-refractivity contribution < 1.29 is 9.59 Å². The van der Waals surface area contributed by atoms with Crippen LogP contribution >= 0.6 is 11.8 Å². The average molecular weight is 292 g/mol. The molecule has 0 aliphatic carbocycles. The molecule has 0 radical (unpaired) electrons. The number of carbonyl (C=O) groups is 2. The van der Waals surface area contributed by atoms with E-state index >= 15 is 0 Å². The van der Waals surface area contributed by atoms with Gasteiger partial charge in [0.25, 0.3) is 0 Å². The third-order valence-corrected chi connectivity index (χ3v) is 4.65. The fourth-order valence-electron chi connectivity index (χ4n) is 2.48. The first kappa shape index (κ1) is 14.9. The molecule has 0 bridgehead atoms. The number of nitrogen functional groups attached to an aromatic ring is 1. The number of nitrogens with two attached hydrogens (primary N) is 1. The molecule has 1 atom stereocenters. The Hall–Kier alpha value is -1.49. The van der Waals surface area contributed by atoms with Crippen LogP contribution in [0.3, 0.4) is 0 Å². The Morgan fingerprint density at radius 3 is 2.75 bits per heavy atom. The number of thioether (sulfide) groups is 1. The number of aryl methyl sites for hydroxylation is 2. The summed E-state index contributed by atoms with van der Waals surface area (Å²) in [5.41, 5.74) is 9.58. The summed E-state index contributed by atoms with van der Waals surface area (Å²) < 4.78 is 0. The SMILES string of the molecule is CC(=O)SCC1CC(=O)N(c2cc(C)c(N)cc2C)C1. The molecule has 2 N–H and O–H groups in total. The summed E-state index contributed by atoms with van der Waals surface area (Å²) in [4.78, 5) is 25.0. The molecule has 1 saturated heterocycles.